The molecule has 0 spiro atoms. The van der Waals surface area contributed by atoms with Crippen LogP contribution in [0.5, 0.6) is 0 Å². The molecule has 0 aliphatic heterocycles. The summed E-state index contributed by atoms with van der Waals surface area (Å²) in [5, 5.41) is 19.9. The van der Waals surface area contributed by atoms with Gasteiger partial charge < -0.3 is 10.4 Å². The van der Waals surface area contributed by atoms with Gasteiger partial charge in [-0.1, -0.05) is 13.8 Å². The maximum atomic E-state index is 11.4. The Hall–Kier alpha value is -1.57. The molecule has 0 bridgehead atoms. The predicted molar refractivity (Wildman–Crippen MR) is 58.4 cm³/mol. The number of carbonyl (C=O) groups is 2. The Morgan fingerprint density at radius 2 is 1.94 bits per heavy atom. The predicted octanol–water partition coefficient (Wildman–Crippen LogP) is 1.15. The van der Waals surface area contributed by atoms with Gasteiger partial charge >= 0.3 is 5.97 Å². The number of hydrogen-bond acceptors (Lipinski definition) is 3. The summed E-state index contributed by atoms with van der Waals surface area (Å²) >= 11 is 0. The van der Waals surface area contributed by atoms with Gasteiger partial charge in [-0.15, -0.1) is 0 Å². The standard InChI is InChI=1S/C11H18N2O3/c1-7(2)4-10(14)13-9(11(15)16)5-8(3)6-12/h7-9H,4-5H2,1-3H3,(H,13,14)(H,15,16)/t8-,9+/m0/s1. The van der Waals surface area contributed by atoms with Gasteiger partial charge in [-0.25, -0.2) is 4.79 Å². The summed E-state index contributed by atoms with van der Waals surface area (Å²) in [4.78, 5) is 22.2. The van der Waals surface area contributed by atoms with Gasteiger partial charge in [-0.3, -0.25) is 4.79 Å². The number of hydrogen-bond donors (Lipinski definition) is 2. The first-order valence-corrected chi connectivity index (χ1v) is 5.28. The zero-order chi connectivity index (χ0) is 12.7. The molecule has 0 radical (unpaired) electrons. The SMILES string of the molecule is CC(C)CC(=O)N[C@H](C[C@H](C)C#N)C(=O)O. The van der Waals surface area contributed by atoms with Crippen LogP contribution in [0.25, 0.3) is 0 Å². The van der Waals surface area contributed by atoms with Crippen molar-refractivity contribution in [3.8, 4) is 6.07 Å². The molecule has 0 saturated heterocycles. The third-order valence-corrected chi connectivity index (χ3v) is 2.04. The van der Waals surface area contributed by atoms with Gasteiger partial charge in [-0.2, -0.15) is 5.26 Å². The summed E-state index contributed by atoms with van der Waals surface area (Å²) < 4.78 is 0. The van der Waals surface area contributed by atoms with Crippen LogP contribution < -0.4 is 5.32 Å². The molecule has 0 aromatic heterocycles. The summed E-state index contributed by atoms with van der Waals surface area (Å²) in [6.07, 6.45) is 0.431. The highest BCUT2D eigenvalue weighted by molar-refractivity contribution is 5.83. The normalized spacial score (nSPS) is 13.9. The molecule has 0 aliphatic rings. The highest BCUT2D eigenvalue weighted by atomic mass is 16.4. The van der Waals surface area contributed by atoms with E-state index in [0.717, 1.165) is 0 Å². The Labute approximate surface area is 95.4 Å². The van der Waals surface area contributed by atoms with Crippen LogP contribution in [0.4, 0.5) is 0 Å². The number of carboxylic acids is 1. The van der Waals surface area contributed by atoms with Crippen molar-refractivity contribution in [2.75, 3.05) is 0 Å². The van der Waals surface area contributed by atoms with Gasteiger partial charge in [0.15, 0.2) is 0 Å². The first-order valence-electron chi connectivity index (χ1n) is 5.28. The summed E-state index contributed by atoms with van der Waals surface area (Å²) in [5.41, 5.74) is 0. The van der Waals surface area contributed by atoms with E-state index in [9.17, 15) is 9.59 Å². The van der Waals surface area contributed by atoms with Crippen molar-refractivity contribution in [1.82, 2.24) is 5.32 Å². The molecule has 0 fully saturated rings. The van der Waals surface area contributed by atoms with Crippen molar-refractivity contribution in [3.05, 3.63) is 0 Å². The van der Waals surface area contributed by atoms with Crippen molar-refractivity contribution in [2.24, 2.45) is 11.8 Å². The number of aliphatic carboxylic acids is 1. The van der Waals surface area contributed by atoms with Gasteiger partial charge in [0.25, 0.3) is 0 Å². The van der Waals surface area contributed by atoms with Crippen LogP contribution >= 0.6 is 0 Å². The number of rotatable bonds is 6. The molecule has 1 amide bonds. The van der Waals surface area contributed by atoms with E-state index in [2.05, 4.69) is 5.32 Å². The maximum Gasteiger partial charge on any atom is 0.326 e. The lowest BCUT2D eigenvalue weighted by atomic mass is 10.0. The Morgan fingerprint density at radius 3 is 2.31 bits per heavy atom. The van der Waals surface area contributed by atoms with Crippen molar-refractivity contribution in [2.45, 2.75) is 39.7 Å². The summed E-state index contributed by atoms with van der Waals surface area (Å²) in [7, 11) is 0. The molecule has 0 saturated carbocycles. The lowest BCUT2D eigenvalue weighted by molar-refractivity contribution is -0.142. The third kappa shape index (κ3) is 6.02. The van der Waals surface area contributed by atoms with Crippen LogP contribution in [-0.2, 0) is 9.59 Å². The molecule has 0 unspecified atom stereocenters. The minimum atomic E-state index is -1.10. The van der Waals surface area contributed by atoms with E-state index in [4.69, 9.17) is 10.4 Å². The van der Waals surface area contributed by atoms with E-state index in [1.54, 1.807) is 6.92 Å². The van der Waals surface area contributed by atoms with E-state index < -0.39 is 12.0 Å². The number of amides is 1. The number of nitrogens with one attached hydrogen (secondary N) is 1. The minimum absolute atomic E-state index is 0.135. The van der Waals surface area contributed by atoms with Crippen molar-refractivity contribution < 1.29 is 14.7 Å². The van der Waals surface area contributed by atoms with E-state index in [1.807, 2.05) is 19.9 Å². The molecule has 90 valence electrons. The number of nitrogens with zero attached hydrogens (tertiary/aromatic N) is 1. The average molecular weight is 226 g/mol. The summed E-state index contributed by atoms with van der Waals surface area (Å²) in [6.45, 7) is 5.39. The van der Waals surface area contributed by atoms with Crippen LogP contribution in [0.3, 0.4) is 0 Å². The summed E-state index contributed by atoms with van der Waals surface area (Å²) in [5.74, 6) is -1.59. The van der Waals surface area contributed by atoms with Crippen molar-refractivity contribution in [3.63, 3.8) is 0 Å². The van der Waals surface area contributed by atoms with Gasteiger partial charge in [0, 0.05) is 12.3 Å². The first kappa shape index (κ1) is 14.4. The van der Waals surface area contributed by atoms with Crippen molar-refractivity contribution >= 4 is 11.9 Å². The van der Waals surface area contributed by atoms with Gasteiger partial charge in [0.05, 0.1) is 6.07 Å². The molecule has 0 aliphatic carbocycles. The molecule has 2 N–H and O–H groups in total. The third-order valence-electron chi connectivity index (χ3n) is 2.04. The van der Waals surface area contributed by atoms with Crippen LogP contribution in [0.1, 0.15) is 33.6 Å². The quantitative estimate of drug-likeness (QED) is 0.710. The Kier molecular flexibility index (Phi) is 6.16. The zero-order valence-electron chi connectivity index (χ0n) is 9.86. The van der Waals surface area contributed by atoms with Crippen LogP contribution in [0.2, 0.25) is 0 Å². The zero-order valence-corrected chi connectivity index (χ0v) is 9.86. The van der Waals surface area contributed by atoms with Crippen LogP contribution in [0.15, 0.2) is 0 Å². The molecule has 5 nitrogen and oxygen atoms in total. The number of carboxylic acid groups (broad SMARTS) is 1. The monoisotopic (exact) mass is 226 g/mol. The first-order chi connectivity index (χ1) is 7.36. The average Bonchev–Trinajstić information content (AvgIpc) is 2.14. The van der Waals surface area contributed by atoms with E-state index >= 15 is 0 Å². The van der Waals surface area contributed by atoms with E-state index in [0.29, 0.717) is 6.42 Å². The van der Waals surface area contributed by atoms with E-state index in [-0.39, 0.29) is 24.2 Å². The Morgan fingerprint density at radius 1 is 1.38 bits per heavy atom. The summed E-state index contributed by atoms with van der Waals surface area (Å²) in [6, 6.07) is 0.978. The maximum absolute atomic E-state index is 11.4. The van der Waals surface area contributed by atoms with Crippen molar-refractivity contribution in [1.29, 1.82) is 5.26 Å². The molecular weight excluding hydrogens is 208 g/mol. The molecule has 0 rings (SSSR count). The molecule has 0 aromatic rings. The fourth-order valence-electron chi connectivity index (χ4n) is 1.25. The molecule has 16 heavy (non-hydrogen) atoms. The molecule has 5 heteroatoms. The Balaban J connectivity index is 4.30. The Bertz CT molecular complexity index is 294. The van der Waals surface area contributed by atoms with Gasteiger partial charge in [0.1, 0.15) is 6.04 Å². The second-order valence-corrected chi connectivity index (χ2v) is 4.32. The second-order valence-electron chi connectivity index (χ2n) is 4.32. The number of nitriles is 1. The lowest BCUT2D eigenvalue weighted by Crippen LogP contribution is -2.42. The number of carbonyl (C=O) groups excluding carboxylic acids is 1. The fraction of sp³-hybridized carbons (Fsp3) is 0.727. The lowest BCUT2D eigenvalue weighted by Gasteiger charge is -2.16. The van der Waals surface area contributed by atoms with Crippen LogP contribution in [0, 0.1) is 23.2 Å². The smallest absolute Gasteiger partial charge is 0.326 e. The topological polar surface area (TPSA) is 90.2 Å². The highest BCUT2D eigenvalue weighted by Gasteiger charge is 2.22. The molecular formula is C11H18N2O3. The minimum Gasteiger partial charge on any atom is -0.480 e. The fourth-order valence-corrected chi connectivity index (χ4v) is 1.25. The van der Waals surface area contributed by atoms with Gasteiger partial charge in [-0.05, 0) is 19.3 Å². The van der Waals surface area contributed by atoms with Crippen LogP contribution in [-0.4, -0.2) is 23.0 Å². The van der Waals surface area contributed by atoms with E-state index in [1.165, 1.54) is 0 Å². The second kappa shape index (κ2) is 6.83. The molecule has 0 heterocycles. The van der Waals surface area contributed by atoms with Gasteiger partial charge in [0.2, 0.25) is 5.91 Å². The largest absolute Gasteiger partial charge is 0.480 e. The highest BCUT2D eigenvalue weighted by Crippen LogP contribution is 2.06. The molecule has 0 aromatic carbocycles. The molecule has 2 atom stereocenters.